The Morgan fingerprint density at radius 2 is 1.81 bits per heavy atom. The van der Waals surface area contributed by atoms with Gasteiger partial charge >= 0.3 is 11.4 Å². The summed E-state index contributed by atoms with van der Waals surface area (Å²) in [5, 5.41) is 13.6. The van der Waals surface area contributed by atoms with Crippen LogP contribution in [0.15, 0.2) is 87.4 Å². The molecule has 2 aliphatic heterocycles. The third-order valence-corrected chi connectivity index (χ3v) is 13.5. The summed E-state index contributed by atoms with van der Waals surface area (Å²) < 4.78 is 49.6. The van der Waals surface area contributed by atoms with Crippen molar-refractivity contribution in [1.29, 1.82) is 0 Å². The minimum Gasteiger partial charge on any atom is -0.376 e. The van der Waals surface area contributed by atoms with Crippen LogP contribution in [0.2, 0.25) is 0 Å². The molecule has 2 aromatic carbocycles. The molecule has 0 bridgehead atoms. The maximum absolute atomic E-state index is 16.1. The van der Waals surface area contributed by atoms with Gasteiger partial charge in [-0.05, 0) is 119 Å². The number of benzene rings is 2. The van der Waals surface area contributed by atoms with Crippen LogP contribution in [0, 0.1) is 18.6 Å². The Balaban J connectivity index is 1.04. The van der Waals surface area contributed by atoms with Crippen molar-refractivity contribution in [1.82, 2.24) is 48.1 Å². The van der Waals surface area contributed by atoms with E-state index in [-0.39, 0.29) is 28.5 Å². The third-order valence-electron chi connectivity index (χ3n) is 13.5. The minimum absolute atomic E-state index is 0.0427. The van der Waals surface area contributed by atoms with Crippen LogP contribution in [0.3, 0.4) is 0 Å². The van der Waals surface area contributed by atoms with Crippen LogP contribution in [0.25, 0.3) is 33.6 Å². The number of amides is 1. The number of hydrogen-bond acceptors (Lipinski definition) is 8. The number of ether oxygens (including phenoxy) is 1. The molecular formula is C46H44F2N10O5. The summed E-state index contributed by atoms with van der Waals surface area (Å²) in [6.07, 6.45) is 9.84. The first-order chi connectivity index (χ1) is 30.2. The van der Waals surface area contributed by atoms with Gasteiger partial charge in [0.2, 0.25) is 0 Å². The first kappa shape index (κ1) is 39.0. The molecule has 17 heteroatoms. The number of aromatic amines is 1. The molecule has 8 heterocycles. The Morgan fingerprint density at radius 3 is 2.56 bits per heavy atom. The molecular weight excluding hydrogens is 811 g/mol. The molecule has 322 valence electrons. The quantitative estimate of drug-likeness (QED) is 0.185. The van der Waals surface area contributed by atoms with Crippen LogP contribution in [-0.4, -0.2) is 72.8 Å². The van der Waals surface area contributed by atoms with E-state index < -0.39 is 34.5 Å². The highest BCUT2D eigenvalue weighted by Crippen LogP contribution is 2.54. The Morgan fingerprint density at radius 1 is 1.00 bits per heavy atom. The van der Waals surface area contributed by atoms with Crippen LogP contribution in [0.5, 0.6) is 0 Å². The van der Waals surface area contributed by atoms with E-state index in [1.807, 2.05) is 23.6 Å². The lowest BCUT2D eigenvalue weighted by molar-refractivity contribution is -0.0593. The average Bonchev–Trinajstić information content (AvgIpc) is 3.72. The number of aromatic nitrogens is 9. The summed E-state index contributed by atoms with van der Waals surface area (Å²) in [5.74, 6) is -0.925. The zero-order chi connectivity index (χ0) is 43.7. The molecule has 2 atom stereocenters. The number of nitrogens with zero attached hydrogens (tertiary/aromatic N) is 9. The van der Waals surface area contributed by atoms with Gasteiger partial charge in [0.1, 0.15) is 11.6 Å². The number of rotatable bonds is 7. The van der Waals surface area contributed by atoms with Crippen molar-refractivity contribution in [3.63, 3.8) is 0 Å². The average molecular weight is 855 g/mol. The van der Waals surface area contributed by atoms with E-state index in [0.717, 1.165) is 23.9 Å². The van der Waals surface area contributed by atoms with Crippen LogP contribution >= 0.6 is 0 Å². The fourth-order valence-electron chi connectivity index (χ4n) is 10.1. The molecule has 6 aromatic heterocycles. The standard InChI is InChI=1S/C46H44F2N10O5/c1-25-20-29(6-7-33(25)47)58-40(57-18-17-56(44(57)61)36-9-8-35-32(38(36)48)24-49-53(35)5)37-26(2)54(16-11-34(37)51-58)41(59)31-22-30-21-27(28-12-19-62-45(3,4)23-28)10-15-55(30)39(31)46(13-14-46)42-50-43(60)63-52-42/h6-10,15,17-18,20-22,24,26,28H,11-14,16,19,23H2,1-5H3,(H,50,52,60)/t26-,28+/m0/s1. The second-order valence-corrected chi connectivity index (χ2v) is 17.9. The number of halogens is 2. The maximum Gasteiger partial charge on any atom is 0.438 e. The van der Waals surface area contributed by atoms with Crippen molar-refractivity contribution >= 4 is 22.3 Å². The van der Waals surface area contributed by atoms with Crippen molar-refractivity contribution in [2.75, 3.05) is 13.2 Å². The Hall–Kier alpha value is -6.88. The van der Waals surface area contributed by atoms with E-state index in [4.69, 9.17) is 14.4 Å². The molecule has 15 nitrogen and oxygen atoms in total. The van der Waals surface area contributed by atoms with Gasteiger partial charge < -0.3 is 14.0 Å². The molecule has 8 aromatic rings. The molecule has 1 saturated heterocycles. The molecule has 1 N–H and O–H groups in total. The van der Waals surface area contributed by atoms with Gasteiger partial charge in [-0.2, -0.15) is 10.2 Å². The minimum atomic E-state index is -0.767. The number of aryl methyl sites for hydroxylation is 2. The van der Waals surface area contributed by atoms with E-state index >= 15 is 9.18 Å². The van der Waals surface area contributed by atoms with Crippen molar-refractivity contribution < 1.29 is 22.8 Å². The number of hydrogen-bond donors (Lipinski definition) is 1. The van der Waals surface area contributed by atoms with Gasteiger partial charge in [-0.15, -0.1) is 0 Å². The summed E-state index contributed by atoms with van der Waals surface area (Å²) in [7, 11) is 1.72. The van der Waals surface area contributed by atoms with Gasteiger partial charge in [0.05, 0.1) is 56.8 Å². The third kappa shape index (κ3) is 5.99. The smallest absolute Gasteiger partial charge is 0.376 e. The number of imidazole rings is 1. The van der Waals surface area contributed by atoms with Gasteiger partial charge in [0.15, 0.2) is 11.6 Å². The Bertz CT molecular complexity index is 3300. The van der Waals surface area contributed by atoms with E-state index in [2.05, 4.69) is 41.2 Å². The molecule has 0 unspecified atom stereocenters. The lowest BCUT2D eigenvalue weighted by Crippen LogP contribution is -2.40. The summed E-state index contributed by atoms with van der Waals surface area (Å²) in [6.45, 7) is 8.73. The second-order valence-electron chi connectivity index (χ2n) is 17.9. The van der Waals surface area contributed by atoms with Crippen LogP contribution in [0.4, 0.5) is 8.78 Å². The number of carbonyl (C=O) groups is 1. The first-order valence-corrected chi connectivity index (χ1v) is 21.2. The fourth-order valence-corrected chi connectivity index (χ4v) is 10.1. The number of fused-ring (bicyclic) bond motifs is 3. The molecule has 0 radical (unpaired) electrons. The van der Waals surface area contributed by atoms with Gasteiger partial charge in [-0.1, -0.05) is 5.16 Å². The number of carbonyl (C=O) groups excluding carboxylic acids is 1. The molecule has 63 heavy (non-hydrogen) atoms. The molecule has 2 fully saturated rings. The summed E-state index contributed by atoms with van der Waals surface area (Å²) in [5.41, 5.74) is 4.36. The first-order valence-electron chi connectivity index (χ1n) is 21.2. The highest BCUT2D eigenvalue weighted by molar-refractivity contribution is 5.98. The summed E-state index contributed by atoms with van der Waals surface area (Å²) in [6, 6.07) is 13.4. The van der Waals surface area contributed by atoms with Crippen molar-refractivity contribution in [2.45, 2.75) is 82.8 Å². The molecule has 1 aliphatic carbocycles. The van der Waals surface area contributed by atoms with Gasteiger partial charge in [-0.3, -0.25) is 28.1 Å². The normalized spacial score (nSPS) is 19.3. The number of H-pyrrole nitrogens is 1. The molecule has 1 saturated carbocycles. The van der Waals surface area contributed by atoms with Crippen molar-refractivity contribution in [2.24, 2.45) is 7.05 Å². The Labute approximate surface area is 358 Å². The van der Waals surface area contributed by atoms with Crippen LogP contribution in [-0.2, 0) is 23.6 Å². The topological polar surface area (TPSA) is 155 Å². The zero-order valence-electron chi connectivity index (χ0n) is 35.4. The molecule has 0 spiro atoms. The SMILES string of the molecule is Cc1cc(-n2nc3c(c2-n2ccn(-c4ccc5c(cnn5C)c4F)c2=O)[C@H](C)N(C(=O)c2cc4cc([C@@H]5CCOC(C)(C)C5)ccn4c2C2(c4noc(=O)[nH]4)CC2)CC3)ccc1F. The lowest BCUT2D eigenvalue weighted by Gasteiger charge is -2.35. The van der Waals surface area contributed by atoms with E-state index in [0.29, 0.717) is 83.3 Å². The predicted octanol–water partition coefficient (Wildman–Crippen LogP) is 6.73. The fraction of sp³-hybridized carbons (Fsp3) is 0.348. The monoisotopic (exact) mass is 854 g/mol. The van der Waals surface area contributed by atoms with E-state index in [1.165, 1.54) is 33.7 Å². The highest BCUT2D eigenvalue weighted by atomic mass is 19.1. The summed E-state index contributed by atoms with van der Waals surface area (Å²) in [4.78, 5) is 46.8. The predicted molar refractivity (Wildman–Crippen MR) is 227 cm³/mol. The lowest BCUT2D eigenvalue weighted by atomic mass is 9.84. The van der Waals surface area contributed by atoms with Crippen LogP contribution in [0.1, 0.15) is 103 Å². The van der Waals surface area contributed by atoms with Gasteiger partial charge in [0.25, 0.3) is 5.91 Å². The highest BCUT2D eigenvalue weighted by Gasteiger charge is 2.54. The van der Waals surface area contributed by atoms with Gasteiger partial charge in [0, 0.05) is 62.0 Å². The van der Waals surface area contributed by atoms with Crippen LogP contribution < -0.4 is 11.4 Å². The Kier molecular flexibility index (Phi) is 8.55. The zero-order valence-corrected chi connectivity index (χ0v) is 35.4. The molecule has 11 rings (SSSR count). The molecule has 3 aliphatic rings. The maximum atomic E-state index is 16.1. The van der Waals surface area contributed by atoms with E-state index in [9.17, 15) is 14.0 Å². The van der Waals surface area contributed by atoms with E-state index in [1.54, 1.807) is 52.6 Å². The van der Waals surface area contributed by atoms with Gasteiger partial charge in [-0.25, -0.2) is 23.1 Å². The number of nitrogens with one attached hydrogen (secondary N) is 1. The van der Waals surface area contributed by atoms with Crippen molar-refractivity contribution in [3.05, 3.63) is 145 Å². The largest absolute Gasteiger partial charge is 0.438 e. The molecule has 1 amide bonds. The second kappa shape index (κ2) is 13.8. The number of pyridine rings is 1. The van der Waals surface area contributed by atoms with Crippen molar-refractivity contribution in [3.8, 4) is 17.2 Å². The summed E-state index contributed by atoms with van der Waals surface area (Å²) >= 11 is 0.